The molecule has 15 heavy (non-hydrogen) atoms. The van der Waals surface area contributed by atoms with Crippen LogP contribution in [-0.2, 0) is 0 Å². The summed E-state index contributed by atoms with van der Waals surface area (Å²) >= 11 is 0. The molecule has 0 amide bonds. The number of aliphatic imine (C=N–C) groups is 1. The van der Waals surface area contributed by atoms with Gasteiger partial charge in [-0.1, -0.05) is 26.2 Å². The summed E-state index contributed by atoms with van der Waals surface area (Å²) < 4.78 is 0. The van der Waals surface area contributed by atoms with E-state index in [-0.39, 0.29) is 0 Å². The van der Waals surface area contributed by atoms with Gasteiger partial charge in [0.15, 0.2) is 0 Å². The maximum Gasteiger partial charge on any atom is 0.0965 e. The summed E-state index contributed by atoms with van der Waals surface area (Å²) in [6, 6.07) is 0.689. The Labute approximate surface area is 93.6 Å². The topological polar surface area (TPSA) is 24.4 Å². The Bertz CT molecular complexity index is 219. The molecule has 1 aliphatic heterocycles. The van der Waals surface area contributed by atoms with E-state index in [0.717, 1.165) is 12.5 Å². The van der Waals surface area contributed by atoms with Crippen LogP contribution in [0.25, 0.3) is 0 Å². The van der Waals surface area contributed by atoms with Gasteiger partial charge in [0.25, 0.3) is 0 Å². The first-order chi connectivity index (χ1) is 7.38. The van der Waals surface area contributed by atoms with Crippen molar-refractivity contribution in [3.8, 4) is 0 Å². The summed E-state index contributed by atoms with van der Waals surface area (Å²) in [5, 5.41) is 3.67. The second kappa shape index (κ2) is 5.53. The van der Waals surface area contributed by atoms with Crippen molar-refractivity contribution in [1.29, 1.82) is 0 Å². The second-order valence-electron chi connectivity index (χ2n) is 5.07. The van der Waals surface area contributed by atoms with Crippen molar-refractivity contribution >= 4 is 5.84 Å². The van der Waals surface area contributed by atoms with E-state index in [0.29, 0.717) is 6.04 Å². The maximum absolute atomic E-state index is 4.64. The molecule has 1 unspecified atom stereocenters. The van der Waals surface area contributed by atoms with Gasteiger partial charge >= 0.3 is 0 Å². The van der Waals surface area contributed by atoms with E-state index in [4.69, 9.17) is 0 Å². The Balaban J connectivity index is 1.78. The highest BCUT2D eigenvalue weighted by molar-refractivity contribution is 5.82. The van der Waals surface area contributed by atoms with Crippen molar-refractivity contribution in [2.75, 3.05) is 6.54 Å². The van der Waals surface area contributed by atoms with Crippen LogP contribution in [0.1, 0.15) is 58.3 Å². The molecule has 1 atom stereocenters. The van der Waals surface area contributed by atoms with E-state index in [1.807, 2.05) is 0 Å². The monoisotopic (exact) mass is 208 g/mol. The highest BCUT2D eigenvalue weighted by atomic mass is 15.0. The van der Waals surface area contributed by atoms with Crippen LogP contribution < -0.4 is 5.32 Å². The fraction of sp³-hybridized carbons (Fsp3) is 0.923. The molecule has 1 N–H and O–H groups in total. The molecule has 2 heteroatoms. The minimum Gasteiger partial charge on any atom is -0.371 e. The van der Waals surface area contributed by atoms with Gasteiger partial charge < -0.3 is 5.32 Å². The first kappa shape index (κ1) is 11.0. The predicted molar refractivity (Wildman–Crippen MR) is 65.3 cm³/mol. The first-order valence-corrected chi connectivity index (χ1v) is 6.68. The van der Waals surface area contributed by atoms with Crippen molar-refractivity contribution in [2.45, 2.75) is 64.3 Å². The van der Waals surface area contributed by atoms with E-state index in [2.05, 4.69) is 17.2 Å². The van der Waals surface area contributed by atoms with E-state index in [1.54, 1.807) is 0 Å². The number of hydrogen-bond donors (Lipinski definition) is 1. The third-order valence-corrected chi connectivity index (χ3v) is 3.55. The average molecular weight is 208 g/mol. The lowest BCUT2D eigenvalue weighted by atomic mass is 10.1. The van der Waals surface area contributed by atoms with E-state index < -0.39 is 0 Å². The van der Waals surface area contributed by atoms with Crippen molar-refractivity contribution < 1.29 is 0 Å². The molecule has 0 aromatic heterocycles. The van der Waals surface area contributed by atoms with Crippen LogP contribution in [-0.4, -0.2) is 18.4 Å². The third-order valence-electron chi connectivity index (χ3n) is 3.55. The normalized spacial score (nSPS) is 24.2. The summed E-state index contributed by atoms with van der Waals surface area (Å²) in [5.74, 6) is 2.31. The molecular formula is C13H24N2. The fourth-order valence-corrected chi connectivity index (χ4v) is 2.31. The largest absolute Gasteiger partial charge is 0.371 e. The Hall–Kier alpha value is -0.530. The zero-order valence-corrected chi connectivity index (χ0v) is 9.97. The number of amidine groups is 1. The standard InChI is InChI=1S/C13H24N2/c1-2-12(10-11-7-8-11)15-13-6-4-3-5-9-14-13/h11-12H,2-10H2,1H3,(H,14,15). The molecular weight excluding hydrogens is 184 g/mol. The van der Waals surface area contributed by atoms with E-state index in [1.165, 1.54) is 57.2 Å². The number of nitrogens with one attached hydrogen (secondary N) is 1. The SMILES string of the molecule is CCC(CC1CC1)NC1=NCCCCC1. The Morgan fingerprint density at radius 2 is 2.20 bits per heavy atom. The van der Waals surface area contributed by atoms with Crippen LogP contribution in [0.4, 0.5) is 0 Å². The first-order valence-electron chi connectivity index (χ1n) is 6.68. The zero-order chi connectivity index (χ0) is 10.5. The minimum absolute atomic E-state index is 0.689. The van der Waals surface area contributed by atoms with E-state index in [9.17, 15) is 0 Å². The molecule has 2 nitrogen and oxygen atoms in total. The summed E-state index contributed by atoms with van der Waals surface area (Å²) in [5.41, 5.74) is 0. The van der Waals surface area contributed by atoms with Crippen molar-refractivity contribution in [2.24, 2.45) is 10.9 Å². The molecule has 1 saturated carbocycles. The summed E-state index contributed by atoms with van der Waals surface area (Å²) in [4.78, 5) is 4.64. The molecule has 86 valence electrons. The molecule has 1 aliphatic carbocycles. The van der Waals surface area contributed by atoms with Crippen molar-refractivity contribution in [3.63, 3.8) is 0 Å². The average Bonchev–Trinajstić information content (AvgIpc) is 3.04. The van der Waals surface area contributed by atoms with Gasteiger partial charge in [-0.3, -0.25) is 4.99 Å². The lowest BCUT2D eigenvalue weighted by molar-refractivity contribution is 0.506. The van der Waals surface area contributed by atoms with Gasteiger partial charge in [-0.05, 0) is 31.6 Å². The summed E-state index contributed by atoms with van der Waals surface area (Å²) in [6.45, 7) is 3.33. The molecule has 0 saturated heterocycles. The van der Waals surface area contributed by atoms with Crippen LogP contribution in [0.2, 0.25) is 0 Å². The second-order valence-corrected chi connectivity index (χ2v) is 5.07. The van der Waals surface area contributed by atoms with Gasteiger partial charge in [-0.25, -0.2) is 0 Å². The smallest absolute Gasteiger partial charge is 0.0965 e. The quantitative estimate of drug-likeness (QED) is 0.754. The maximum atomic E-state index is 4.64. The van der Waals surface area contributed by atoms with Gasteiger partial charge in [0.1, 0.15) is 0 Å². The molecule has 0 bridgehead atoms. The molecule has 2 aliphatic rings. The number of rotatable bonds is 4. The highest BCUT2D eigenvalue weighted by Crippen LogP contribution is 2.34. The zero-order valence-electron chi connectivity index (χ0n) is 9.97. The predicted octanol–water partition coefficient (Wildman–Crippen LogP) is 3.13. The Morgan fingerprint density at radius 3 is 2.93 bits per heavy atom. The lowest BCUT2D eigenvalue weighted by Crippen LogP contribution is -2.34. The van der Waals surface area contributed by atoms with Crippen LogP contribution in [0.3, 0.4) is 0 Å². The third kappa shape index (κ3) is 3.84. The molecule has 1 fully saturated rings. The van der Waals surface area contributed by atoms with Gasteiger partial charge in [0, 0.05) is 19.0 Å². The molecule has 0 spiro atoms. The number of nitrogens with zero attached hydrogens (tertiary/aromatic N) is 1. The van der Waals surface area contributed by atoms with Crippen molar-refractivity contribution in [1.82, 2.24) is 5.32 Å². The molecule has 0 aromatic rings. The van der Waals surface area contributed by atoms with Gasteiger partial charge in [0.05, 0.1) is 5.84 Å². The molecule has 0 aromatic carbocycles. The van der Waals surface area contributed by atoms with Gasteiger partial charge in [0.2, 0.25) is 0 Å². The van der Waals surface area contributed by atoms with Crippen LogP contribution in [0.15, 0.2) is 4.99 Å². The Kier molecular flexibility index (Phi) is 4.04. The van der Waals surface area contributed by atoms with E-state index >= 15 is 0 Å². The number of hydrogen-bond acceptors (Lipinski definition) is 2. The molecule has 1 heterocycles. The summed E-state index contributed by atoms with van der Waals surface area (Å²) in [7, 11) is 0. The molecule has 0 radical (unpaired) electrons. The van der Waals surface area contributed by atoms with Crippen LogP contribution in [0.5, 0.6) is 0 Å². The summed E-state index contributed by atoms with van der Waals surface area (Å²) in [6.07, 6.45) is 10.7. The van der Waals surface area contributed by atoms with Crippen LogP contribution >= 0.6 is 0 Å². The van der Waals surface area contributed by atoms with Crippen molar-refractivity contribution in [3.05, 3.63) is 0 Å². The van der Waals surface area contributed by atoms with Gasteiger partial charge in [-0.15, -0.1) is 0 Å². The minimum atomic E-state index is 0.689. The lowest BCUT2D eigenvalue weighted by Gasteiger charge is -2.19. The molecule has 2 rings (SSSR count). The Morgan fingerprint density at radius 1 is 1.33 bits per heavy atom. The van der Waals surface area contributed by atoms with Crippen LogP contribution in [0, 0.1) is 5.92 Å². The van der Waals surface area contributed by atoms with Gasteiger partial charge in [-0.2, -0.15) is 0 Å². The fourth-order valence-electron chi connectivity index (χ4n) is 2.31. The highest BCUT2D eigenvalue weighted by Gasteiger charge is 2.25.